The number of phenols is 1. The maximum Gasteiger partial charge on any atom is 0.408 e. The van der Waals surface area contributed by atoms with E-state index in [9.17, 15) is 24.3 Å². The second-order valence-corrected chi connectivity index (χ2v) is 14.1. The lowest BCUT2D eigenvalue weighted by Gasteiger charge is -2.44. The molecule has 1 aliphatic carbocycles. The quantitative estimate of drug-likeness (QED) is 0.250. The Hall–Kier alpha value is -4.08. The van der Waals surface area contributed by atoms with Crippen LogP contribution in [0.4, 0.5) is 4.79 Å². The summed E-state index contributed by atoms with van der Waals surface area (Å²) in [5.74, 6) is -2.01. The number of hydrogen-bond donors (Lipinski definition) is 3. The number of nitrogens with one attached hydrogen (secondary N) is 2. The summed E-state index contributed by atoms with van der Waals surface area (Å²) in [5.41, 5.74) is -0.384. The first-order valence-corrected chi connectivity index (χ1v) is 16.2. The lowest BCUT2D eigenvalue weighted by Crippen LogP contribution is -2.60. The fraction of sp³-hybridized carbons (Fsp3) is 0.556. The molecule has 0 spiro atoms. The van der Waals surface area contributed by atoms with Crippen molar-refractivity contribution in [1.82, 2.24) is 15.5 Å². The molecule has 2 aromatic rings. The fourth-order valence-corrected chi connectivity index (χ4v) is 5.26. The zero-order chi connectivity index (χ0) is 34.2. The van der Waals surface area contributed by atoms with Crippen molar-refractivity contribution in [3.63, 3.8) is 0 Å². The highest BCUT2D eigenvalue weighted by Gasteiger charge is 2.44. The third-order valence-electron chi connectivity index (χ3n) is 7.88. The predicted octanol–water partition coefficient (Wildman–Crippen LogP) is 5.82. The number of nitrogens with zero attached hydrogens (tertiary/aromatic N) is 1. The van der Waals surface area contributed by atoms with Gasteiger partial charge in [0.1, 0.15) is 35.1 Å². The maximum absolute atomic E-state index is 14.6. The van der Waals surface area contributed by atoms with Gasteiger partial charge >= 0.3 is 12.1 Å². The van der Waals surface area contributed by atoms with Gasteiger partial charge in [0.15, 0.2) is 0 Å². The largest absolute Gasteiger partial charge is 0.508 e. The molecule has 1 aliphatic rings. The van der Waals surface area contributed by atoms with Crippen LogP contribution in [-0.2, 0) is 30.3 Å². The van der Waals surface area contributed by atoms with Crippen molar-refractivity contribution in [2.45, 2.75) is 123 Å². The van der Waals surface area contributed by atoms with Gasteiger partial charge in [0.2, 0.25) is 11.8 Å². The lowest BCUT2D eigenvalue weighted by molar-refractivity contribution is -0.159. The van der Waals surface area contributed by atoms with Crippen molar-refractivity contribution in [1.29, 1.82) is 0 Å². The predicted molar refractivity (Wildman–Crippen MR) is 176 cm³/mol. The number of ether oxygens (including phenoxy) is 2. The van der Waals surface area contributed by atoms with E-state index in [1.807, 2.05) is 44.2 Å². The molecule has 10 heteroatoms. The van der Waals surface area contributed by atoms with Gasteiger partial charge in [0, 0.05) is 12.5 Å². The highest BCUT2D eigenvalue weighted by atomic mass is 16.6. The molecule has 0 aromatic heterocycles. The molecule has 3 amide bonds. The van der Waals surface area contributed by atoms with Crippen molar-refractivity contribution in [3.05, 3.63) is 65.7 Å². The monoisotopic (exact) mass is 637 g/mol. The van der Waals surface area contributed by atoms with Gasteiger partial charge in [-0.3, -0.25) is 9.59 Å². The van der Waals surface area contributed by atoms with Gasteiger partial charge in [-0.2, -0.15) is 0 Å². The van der Waals surface area contributed by atoms with E-state index in [0.29, 0.717) is 24.8 Å². The molecular weight excluding hydrogens is 586 g/mol. The Morgan fingerprint density at radius 3 is 2.07 bits per heavy atom. The molecule has 252 valence electrons. The first-order chi connectivity index (χ1) is 21.5. The van der Waals surface area contributed by atoms with Gasteiger partial charge in [0.05, 0.1) is 0 Å². The molecule has 0 radical (unpaired) electrons. The Morgan fingerprint density at radius 2 is 1.54 bits per heavy atom. The third-order valence-corrected chi connectivity index (χ3v) is 7.88. The van der Waals surface area contributed by atoms with Crippen molar-refractivity contribution >= 4 is 23.9 Å². The molecule has 0 saturated heterocycles. The Kier molecular flexibility index (Phi) is 12.2. The average molecular weight is 638 g/mol. The number of alkyl carbamates (subject to hydrolysis) is 1. The molecule has 0 aliphatic heterocycles. The summed E-state index contributed by atoms with van der Waals surface area (Å²) < 4.78 is 11.2. The van der Waals surface area contributed by atoms with E-state index >= 15 is 0 Å². The molecule has 10 nitrogen and oxygen atoms in total. The van der Waals surface area contributed by atoms with E-state index in [1.54, 1.807) is 53.7 Å². The van der Waals surface area contributed by atoms with Crippen LogP contribution >= 0.6 is 0 Å². The molecule has 1 fully saturated rings. The maximum atomic E-state index is 14.6. The zero-order valence-corrected chi connectivity index (χ0v) is 28.5. The first-order valence-electron chi connectivity index (χ1n) is 16.2. The first kappa shape index (κ1) is 36.4. The van der Waals surface area contributed by atoms with Gasteiger partial charge in [-0.25, -0.2) is 9.59 Å². The highest BCUT2D eigenvalue weighted by Crippen LogP contribution is 2.35. The van der Waals surface area contributed by atoms with Crippen molar-refractivity contribution < 1.29 is 33.8 Å². The summed E-state index contributed by atoms with van der Waals surface area (Å²) in [7, 11) is 0. The zero-order valence-electron chi connectivity index (χ0n) is 28.5. The van der Waals surface area contributed by atoms with E-state index in [4.69, 9.17) is 9.47 Å². The number of amides is 3. The van der Waals surface area contributed by atoms with Crippen LogP contribution in [0.1, 0.15) is 98.2 Å². The second-order valence-electron chi connectivity index (χ2n) is 14.1. The number of hydrogen-bond acceptors (Lipinski definition) is 7. The van der Waals surface area contributed by atoms with E-state index < -0.39 is 53.2 Å². The van der Waals surface area contributed by atoms with E-state index in [1.165, 1.54) is 17.0 Å². The van der Waals surface area contributed by atoms with Gasteiger partial charge in [-0.05, 0) is 90.0 Å². The normalized spacial score (nSPS) is 16.2. The molecule has 4 unspecified atom stereocenters. The highest BCUT2D eigenvalue weighted by molar-refractivity contribution is 5.94. The molecule has 1 saturated carbocycles. The minimum Gasteiger partial charge on any atom is -0.508 e. The average Bonchev–Trinajstić information content (AvgIpc) is 2.92. The van der Waals surface area contributed by atoms with E-state index in [0.717, 1.165) is 12.0 Å². The minimum atomic E-state index is -1.21. The topological polar surface area (TPSA) is 134 Å². The van der Waals surface area contributed by atoms with Crippen molar-refractivity contribution in [2.24, 2.45) is 5.92 Å². The Morgan fingerprint density at radius 1 is 0.913 bits per heavy atom. The summed E-state index contributed by atoms with van der Waals surface area (Å²) in [6.45, 7) is 14.3. The SMILES string of the molecule is CCC(C)C(NC(=O)OC(C)(C)C)C(=O)N(C1CCC1)C(C(=O)NC(Cc1ccccc1)C(=O)OC(C)(C)C)c1cccc(O)c1. The molecule has 2 aromatic carbocycles. The number of rotatable bonds is 12. The van der Waals surface area contributed by atoms with E-state index in [-0.39, 0.29) is 24.1 Å². The molecule has 0 heterocycles. The fourth-order valence-electron chi connectivity index (χ4n) is 5.26. The summed E-state index contributed by atoms with van der Waals surface area (Å²) >= 11 is 0. The van der Waals surface area contributed by atoms with E-state index in [2.05, 4.69) is 10.6 Å². The Balaban J connectivity index is 2.07. The summed E-state index contributed by atoms with van der Waals surface area (Å²) in [6.07, 6.45) is 2.20. The third kappa shape index (κ3) is 10.5. The number of carbonyl (C=O) groups is 4. The van der Waals surface area contributed by atoms with Crippen LogP contribution in [0, 0.1) is 5.92 Å². The number of phenolic OH excluding ortho intramolecular Hbond substituents is 1. The van der Waals surface area contributed by atoms with Crippen LogP contribution in [0.3, 0.4) is 0 Å². The standard InChI is InChI=1S/C36H51N3O7/c1-9-23(2)29(38-34(44)46-36(6,7)8)32(42)39(26-18-14-19-26)30(25-17-13-20-27(40)22-25)31(41)37-28(33(43)45-35(3,4)5)21-24-15-11-10-12-16-24/h10-13,15-17,20,22-23,26,28-30,40H,9,14,18-19,21H2,1-8H3,(H,37,41)(H,38,44). The van der Waals surface area contributed by atoms with Crippen LogP contribution < -0.4 is 10.6 Å². The molecule has 3 rings (SSSR count). The summed E-state index contributed by atoms with van der Waals surface area (Å²) in [6, 6.07) is 11.9. The van der Waals surface area contributed by atoms with Crippen LogP contribution in [0.25, 0.3) is 0 Å². The van der Waals surface area contributed by atoms with Gasteiger partial charge < -0.3 is 30.1 Å². The van der Waals surface area contributed by atoms with Crippen LogP contribution in [0.2, 0.25) is 0 Å². The molecule has 3 N–H and O–H groups in total. The van der Waals surface area contributed by atoms with Crippen LogP contribution in [0.5, 0.6) is 5.75 Å². The molecular formula is C36H51N3O7. The molecule has 4 atom stereocenters. The van der Waals surface area contributed by atoms with Gasteiger partial charge in [-0.1, -0.05) is 62.7 Å². The van der Waals surface area contributed by atoms with Crippen molar-refractivity contribution in [3.8, 4) is 5.75 Å². The van der Waals surface area contributed by atoms with Crippen molar-refractivity contribution in [2.75, 3.05) is 0 Å². The lowest BCUT2D eigenvalue weighted by atomic mass is 9.86. The number of carbonyl (C=O) groups excluding carboxylic acids is 4. The molecule has 46 heavy (non-hydrogen) atoms. The Bertz CT molecular complexity index is 1350. The number of benzene rings is 2. The van der Waals surface area contributed by atoms with Crippen LogP contribution in [-0.4, -0.2) is 63.2 Å². The summed E-state index contributed by atoms with van der Waals surface area (Å²) in [5, 5.41) is 16.1. The minimum absolute atomic E-state index is 0.0744. The molecule has 0 bridgehead atoms. The van der Waals surface area contributed by atoms with Crippen LogP contribution in [0.15, 0.2) is 54.6 Å². The van der Waals surface area contributed by atoms with Gasteiger partial charge in [0.25, 0.3) is 0 Å². The summed E-state index contributed by atoms with van der Waals surface area (Å²) in [4.78, 5) is 57.0. The van der Waals surface area contributed by atoms with Gasteiger partial charge in [-0.15, -0.1) is 0 Å². The Labute approximate surface area is 273 Å². The second kappa shape index (κ2) is 15.5. The number of esters is 1. The smallest absolute Gasteiger partial charge is 0.408 e. The number of aromatic hydroxyl groups is 1.